The topological polar surface area (TPSA) is 43.4 Å². The van der Waals surface area contributed by atoms with E-state index in [1.165, 1.54) is 6.08 Å². The quantitative estimate of drug-likeness (QED) is 0.297. The molecule has 0 aliphatic heterocycles. The summed E-state index contributed by atoms with van der Waals surface area (Å²) in [6.45, 7) is 2.49. The molecular weight excluding hydrogens is 312 g/mol. The molecule has 2 aromatic rings. The summed E-state index contributed by atoms with van der Waals surface area (Å²) in [4.78, 5) is 23.7. The summed E-state index contributed by atoms with van der Waals surface area (Å²) >= 11 is 0. The summed E-state index contributed by atoms with van der Waals surface area (Å²) < 4.78 is 5.05. The second-order valence-corrected chi connectivity index (χ2v) is 5.58. The Morgan fingerprint density at radius 3 is 2.20 bits per heavy atom. The van der Waals surface area contributed by atoms with Crippen molar-refractivity contribution in [2.24, 2.45) is 0 Å². The van der Waals surface area contributed by atoms with Crippen molar-refractivity contribution in [1.29, 1.82) is 0 Å². The largest absolute Gasteiger partial charge is 0.463 e. The lowest BCUT2D eigenvalue weighted by atomic mass is 10.1. The Bertz CT molecular complexity index is 741. The third kappa shape index (κ3) is 6.60. The average Bonchev–Trinajstić information content (AvgIpc) is 2.66. The van der Waals surface area contributed by atoms with Crippen molar-refractivity contribution < 1.29 is 14.3 Å². The molecule has 25 heavy (non-hydrogen) atoms. The van der Waals surface area contributed by atoms with Gasteiger partial charge in [-0.1, -0.05) is 74.0 Å². The number of ketones is 1. The molecule has 2 rings (SSSR count). The van der Waals surface area contributed by atoms with E-state index in [1.807, 2.05) is 37.3 Å². The van der Waals surface area contributed by atoms with Gasteiger partial charge in [0.1, 0.15) is 0 Å². The van der Waals surface area contributed by atoms with Crippen LogP contribution < -0.4 is 0 Å². The van der Waals surface area contributed by atoms with Gasteiger partial charge in [0, 0.05) is 11.6 Å². The normalized spacial score (nSPS) is 11.1. The van der Waals surface area contributed by atoms with Crippen LogP contribution in [0.5, 0.6) is 0 Å². The van der Waals surface area contributed by atoms with Crippen molar-refractivity contribution in [3.8, 4) is 0 Å². The van der Waals surface area contributed by atoms with Crippen LogP contribution in [0, 0.1) is 0 Å². The Balaban J connectivity index is 1.91. The molecule has 0 radical (unpaired) electrons. The van der Waals surface area contributed by atoms with Gasteiger partial charge in [-0.2, -0.15) is 0 Å². The van der Waals surface area contributed by atoms with E-state index in [0.717, 1.165) is 24.0 Å². The first-order chi connectivity index (χ1) is 12.2. The average molecular weight is 334 g/mol. The van der Waals surface area contributed by atoms with Gasteiger partial charge in [0.2, 0.25) is 0 Å². The highest BCUT2D eigenvalue weighted by molar-refractivity contribution is 6.06. The van der Waals surface area contributed by atoms with E-state index in [-0.39, 0.29) is 11.8 Å². The van der Waals surface area contributed by atoms with E-state index in [4.69, 9.17) is 4.74 Å². The molecule has 0 aliphatic rings. The van der Waals surface area contributed by atoms with E-state index >= 15 is 0 Å². The van der Waals surface area contributed by atoms with Gasteiger partial charge in [0.05, 0.1) is 6.61 Å². The van der Waals surface area contributed by atoms with Gasteiger partial charge in [-0.25, -0.2) is 4.79 Å². The van der Waals surface area contributed by atoms with Crippen LogP contribution in [0.25, 0.3) is 12.2 Å². The molecule has 3 heteroatoms. The summed E-state index contributed by atoms with van der Waals surface area (Å²) in [6.07, 6.45) is 8.30. The Morgan fingerprint density at radius 1 is 0.880 bits per heavy atom. The predicted octanol–water partition coefficient (Wildman–Crippen LogP) is 4.94. The highest BCUT2D eigenvalue weighted by atomic mass is 16.5. The molecule has 0 atom stereocenters. The molecule has 3 nitrogen and oxygen atoms in total. The Hall–Kier alpha value is -2.94. The van der Waals surface area contributed by atoms with Gasteiger partial charge in [-0.15, -0.1) is 0 Å². The highest BCUT2D eigenvalue weighted by Gasteiger charge is 2.01. The molecule has 0 amide bonds. The summed E-state index contributed by atoms with van der Waals surface area (Å²) in [5.41, 5.74) is 2.43. The number of carbonyl (C=O) groups is 2. The molecule has 0 aromatic heterocycles. The van der Waals surface area contributed by atoms with Crippen LogP contribution in [0.4, 0.5) is 0 Å². The standard InChI is InChI=1S/C22H22O3/c1-2-3-17-25-22(24)16-12-19-9-13-20(14-10-19)21(23)15-11-18-7-5-4-6-8-18/h4-16H,2-3,17H2,1H3/b15-11+,16-12+. The zero-order chi connectivity index (χ0) is 17.9. The second-order valence-electron chi connectivity index (χ2n) is 5.58. The molecule has 0 fully saturated rings. The maximum atomic E-state index is 12.2. The van der Waals surface area contributed by atoms with E-state index < -0.39 is 0 Å². The summed E-state index contributed by atoms with van der Waals surface area (Å²) in [5.74, 6) is -0.405. The van der Waals surface area contributed by atoms with Crippen molar-refractivity contribution in [3.63, 3.8) is 0 Å². The maximum Gasteiger partial charge on any atom is 0.330 e. The fourth-order valence-corrected chi connectivity index (χ4v) is 2.12. The zero-order valence-electron chi connectivity index (χ0n) is 14.4. The minimum absolute atomic E-state index is 0.0571. The van der Waals surface area contributed by atoms with Crippen molar-refractivity contribution in [1.82, 2.24) is 0 Å². The van der Waals surface area contributed by atoms with E-state index in [1.54, 1.807) is 42.5 Å². The van der Waals surface area contributed by atoms with Crippen molar-refractivity contribution in [2.75, 3.05) is 6.61 Å². The molecule has 0 bridgehead atoms. The lowest BCUT2D eigenvalue weighted by Crippen LogP contribution is -2.01. The van der Waals surface area contributed by atoms with Crippen molar-refractivity contribution in [3.05, 3.63) is 83.4 Å². The van der Waals surface area contributed by atoms with Crippen LogP contribution >= 0.6 is 0 Å². The fourth-order valence-electron chi connectivity index (χ4n) is 2.12. The molecule has 0 spiro atoms. The molecule has 0 aliphatic carbocycles. The molecule has 0 saturated carbocycles. The number of esters is 1. The Kier molecular flexibility index (Phi) is 7.39. The van der Waals surface area contributed by atoms with Crippen molar-refractivity contribution in [2.45, 2.75) is 19.8 Å². The maximum absolute atomic E-state index is 12.2. The van der Waals surface area contributed by atoms with Crippen LogP contribution in [0.15, 0.2) is 66.7 Å². The Morgan fingerprint density at radius 2 is 1.52 bits per heavy atom. The number of unbranched alkanes of at least 4 members (excludes halogenated alkanes) is 1. The second kappa shape index (κ2) is 10.0. The van der Waals surface area contributed by atoms with Gasteiger partial charge in [-0.3, -0.25) is 4.79 Å². The SMILES string of the molecule is CCCCOC(=O)/C=C/c1ccc(C(=O)/C=C/c2ccccc2)cc1. The monoisotopic (exact) mass is 334 g/mol. The first-order valence-electron chi connectivity index (χ1n) is 8.41. The zero-order valence-corrected chi connectivity index (χ0v) is 14.4. The highest BCUT2D eigenvalue weighted by Crippen LogP contribution is 2.09. The molecule has 0 heterocycles. The van der Waals surface area contributed by atoms with Crippen molar-refractivity contribution >= 4 is 23.9 Å². The minimum atomic E-state index is -0.348. The van der Waals surface area contributed by atoms with Gasteiger partial charge in [-0.05, 0) is 29.7 Å². The van der Waals surface area contributed by atoms with Gasteiger partial charge >= 0.3 is 5.97 Å². The van der Waals surface area contributed by atoms with Gasteiger partial charge < -0.3 is 4.74 Å². The van der Waals surface area contributed by atoms with E-state index in [9.17, 15) is 9.59 Å². The smallest absolute Gasteiger partial charge is 0.330 e. The van der Waals surface area contributed by atoms with Gasteiger partial charge in [0.25, 0.3) is 0 Å². The summed E-state index contributed by atoms with van der Waals surface area (Å²) in [6, 6.07) is 16.8. The fraction of sp³-hybridized carbons (Fsp3) is 0.182. The van der Waals surface area contributed by atoms with Crippen LogP contribution in [-0.4, -0.2) is 18.4 Å². The Labute approximate surface area is 148 Å². The van der Waals surface area contributed by atoms with Crippen LogP contribution in [0.3, 0.4) is 0 Å². The number of ether oxygens (including phenoxy) is 1. The molecule has 2 aromatic carbocycles. The van der Waals surface area contributed by atoms with E-state index in [2.05, 4.69) is 0 Å². The molecule has 0 saturated heterocycles. The molecule has 128 valence electrons. The van der Waals surface area contributed by atoms with Gasteiger partial charge in [0.15, 0.2) is 5.78 Å². The van der Waals surface area contributed by atoms with Crippen LogP contribution in [0.2, 0.25) is 0 Å². The lowest BCUT2D eigenvalue weighted by Gasteiger charge is -2.00. The number of hydrogen-bond acceptors (Lipinski definition) is 3. The molecule has 0 unspecified atom stereocenters. The molecule has 0 N–H and O–H groups in total. The number of hydrogen-bond donors (Lipinski definition) is 0. The number of benzene rings is 2. The number of carbonyl (C=O) groups excluding carboxylic acids is 2. The first-order valence-corrected chi connectivity index (χ1v) is 8.41. The lowest BCUT2D eigenvalue weighted by molar-refractivity contribution is -0.137. The minimum Gasteiger partial charge on any atom is -0.463 e. The molecular formula is C22H22O3. The van der Waals surface area contributed by atoms with Crippen LogP contribution in [-0.2, 0) is 9.53 Å². The first kappa shape index (κ1) is 18.4. The third-order valence-electron chi connectivity index (χ3n) is 3.58. The third-order valence-corrected chi connectivity index (χ3v) is 3.58. The van der Waals surface area contributed by atoms with Crippen LogP contribution in [0.1, 0.15) is 41.3 Å². The summed E-state index contributed by atoms with van der Waals surface area (Å²) in [7, 11) is 0. The number of rotatable bonds is 8. The number of allylic oxidation sites excluding steroid dienone is 1. The van der Waals surface area contributed by atoms with E-state index in [0.29, 0.717) is 12.2 Å². The predicted molar refractivity (Wildman–Crippen MR) is 101 cm³/mol. The summed E-state index contributed by atoms with van der Waals surface area (Å²) in [5, 5.41) is 0.